The van der Waals surface area contributed by atoms with E-state index in [1.807, 2.05) is 0 Å². The van der Waals surface area contributed by atoms with Gasteiger partial charge in [-0.25, -0.2) is 0 Å². The molecule has 0 aromatic heterocycles. The number of nitrogens with one attached hydrogen (secondary N) is 1. The van der Waals surface area contributed by atoms with Crippen LogP contribution in [-0.2, 0) is 9.59 Å². The molecular weight excluding hydrogens is 293 g/mol. The fraction of sp³-hybridized carbons (Fsp3) is 0.875. The fourth-order valence-electron chi connectivity index (χ4n) is 1.93. The Kier molecular flexibility index (Phi) is 28.2. The van der Waals surface area contributed by atoms with Crippen molar-refractivity contribution in [3.8, 4) is 0 Å². The van der Waals surface area contributed by atoms with Crippen molar-refractivity contribution in [3.05, 3.63) is 0 Å². The third kappa shape index (κ3) is 36.8. The van der Waals surface area contributed by atoms with E-state index >= 15 is 0 Å². The van der Waals surface area contributed by atoms with Gasteiger partial charge >= 0.3 is 35.5 Å². The first-order chi connectivity index (χ1) is 10.0. The Morgan fingerprint density at radius 2 is 1.18 bits per heavy atom. The molecule has 0 unspecified atom stereocenters. The summed E-state index contributed by atoms with van der Waals surface area (Å²) in [5.41, 5.74) is 0. The van der Waals surface area contributed by atoms with Gasteiger partial charge in [0.15, 0.2) is 0 Å². The molecule has 5 nitrogen and oxygen atoms in total. The predicted molar refractivity (Wildman–Crippen MR) is 92.8 cm³/mol. The van der Waals surface area contributed by atoms with Crippen LogP contribution in [0.3, 0.4) is 0 Å². The van der Waals surface area contributed by atoms with E-state index in [9.17, 15) is 4.79 Å². The molecule has 0 amide bonds. The summed E-state index contributed by atoms with van der Waals surface area (Å²) in [5.74, 6) is -1.60. The van der Waals surface area contributed by atoms with E-state index in [2.05, 4.69) is 12.2 Å². The zero-order valence-corrected chi connectivity index (χ0v) is 13.7. The van der Waals surface area contributed by atoms with Crippen molar-refractivity contribution in [2.45, 2.75) is 78.1 Å². The Balaban J connectivity index is -0.000000640. The first-order valence-electron chi connectivity index (χ1n) is 8.12. The summed E-state index contributed by atoms with van der Waals surface area (Å²) >= 11 is 0. The Morgan fingerprint density at radius 1 is 0.818 bits per heavy atom. The molecule has 0 aliphatic heterocycles. The van der Waals surface area contributed by atoms with E-state index in [0.717, 1.165) is 19.9 Å². The molecule has 0 aliphatic carbocycles. The molecule has 0 aliphatic rings. The maximum absolute atomic E-state index is 10.2. The van der Waals surface area contributed by atoms with Crippen LogP contribution in [0.25, 0.3) is 0 Å². The molecule has 0 bridgehead atoms. The molecule has 0 atom stereocenters. The van der Waals surface area contributed by atoms with Crippen LogP contribution >= 0.6 is 0 Å². The van der Waals surface area contributed by atoms with E-state index in [1.165, 1.54) is 57.8 Å². The maximum atomic E-state index is 10.2. The molecular formula is C16H34NNaO4. The molecule has 0 heterocycles. The van der Waals surface area contributed by atoms with Crippen molar-refractivity contribution in [3.63, 3.8) is 0 Å². The standard InChI is InChI=1S/C14H29NO2.C2H4O2.Na.H/c1-2-3-4-5-6-7-8-9-10-11-12-15-13-14(16)17;1-2(3)4;;/h15H,2-13H2,1H3,(H,16,17);1H3,(H,3,4);;. The zero-order chi connectivity index (χ0) is 16.3. The van der Waals surface area contributed by atoms with Crippen LogP contribution in [0.15, 0.2) is 0 Å². The molecule has 0 spiro atoms. The van der Waals surface area contributed by atoms with Crippen molar-refractivity contribution in [1.29, 1.82) is 0 Å². The second kappa shape index (κ2) is 23.2. The van der Waals surface area contributed by atoms with Crippen LogP contribution in [0, 0.1) is 0 Å². The van der Waals surface area contributed by atoms with E-state index in [1.54, 1.807) is 0 Å². The van der Waals surface area contributed by atoms with Gasteiger partial charge in [0.2, 0.25) is 0 Å². The van der Waals surface area contributed by atoms with Gasteiger partial charge < -0.3 is 15.5 Å². The first-order valence-corrected chi connectivity index (χ1v) is 8.12. The van der Waals surface area contributed by atoms with Crippen LogP contribution in [0.1, 0.15) is 78.1 Å². The molecule has 0 saturated carbocycles. The molecule has 0 radical (unpaired) electrons. The molecule has 6 heteroatoms. The summed E-state index contributed by atoms with van der Waals surface area (Å²) < 4.78 is 0. The average Bonchev–Trinajstić information content (AvgIpc) is 2.39. The summed E-state index contributed by atoms with van der Waals surface area (Å²) in [5, 5.41) is 18.7. The van der Waals surface area contributed by atoms with E-state index in [-0.39, 0.29) is 36.1 Å². The summed E-state index contributed by atoms with van der Waals surface area (Å²) in [6, 6.07) is 0. The summed E-state index contributed by atoms with van der Waals surface area (Å²) in [4.78, 5) is 19.2. The van der Waals surface area contributed by atoms with Crippen LogP contribution in [0.2, 0.25) is 0 Å². The van der Waals surface area contributed by atoms with Crippen molar-refractivity contribution in [2.75, 3.05) is 13.1 Å². The Bertz CT molecular complexity index is 246. The van der Waals surface area contributed by atoms with Crippen LogP contribution in [0.4, 0.5) is 0 Å². The molecule has 0 fully saturated rings. The van der Waals surface area contributed by atoms with Crippen LogP contribution in [-0.4, -0.2) is 64.8 Å². The van der Waals surface area contributed by atoms with Crippen molar-refractivity contribution < 1.29 is 19.8 Å². The van der Waals surface area contributed by atoms with Gasteiger partial charge in [0, 0.05) is 6.92 Å². The van der Waals surface area contributed by atoms with Gasteiger partial charge in [-0.15, -0.1) is 0 Å². The second-order valence-electron chi connectivity index (χ2n) is 5.27. The number of carboxylic acid groups (broad SMARTS) is 2. The number of hydrogen-bond acceptors (Lipinski definition) is 3. The molecule has 0 rings (SSSR count). The predicted octanol–water partition coefficient (Wildman–Crippen LogP) is 3.02. The number of aliphatic carboxylic acids is 2. The Morgan fingerprint density at radius 3 is 1.55 bits per heavy atom. The van der Waals surface area contributed by atoms with Gasteiger partial charge in [0.25, 0.3) is 5.97 Å². The van der Waals surface area contributed by atoms with E-state index in [4.69, 9.17) is 15.0 Å². The quantitative estimate of drug-likeness (QED) is 0.357. The molecule has 0 aromatic carbocycles. The third-order valence-corrected chi connectivity index (χ3v) is 2.98. The van der Waals surface area contributed by atoms with Gasteiger partial charge in [-0.05, 0) is 13.0 Å². The molecule has 0 saturated heterocycles. The van der Waals surface area contributed by atoms with Gasteiger partial charge in [-0.1, -0.05) is 64.7 Å². The Hall–Kier alpha value is -0.100. The Labute approximate surface area is 157 Å². The fourth-order valence-corrected chi connectivity index (χ4v) is 1.93. The van der Waals surface area contributed by atoms with Crippen LogP contribution in [0.5, 0.6) is 0 Å². The monoisotopic (exact) mass is 327 g/mol. The van der Waals surface area contributed by atoms with Gasteiger partial charge in [0.05, 0.1) is 6.54 Å². The van der Waals surface area contributed by atoms with Crippen molar-refractivity contribution >= 4 is 41.5 Å². The minimum atomic E-state index is -0.833. The molecule has 3 N–H and O–H groups in total. The molecule has 128 valence electrons. The average molecular weight is 327 g/mol. The molecule has 0 aromatic rings. The minimum absolute atomic E-state index is 0. The third-order valence-electron chi connectivity index (χ3n) is 2.98. The van der Waals surface area contributed by atoms with E-state index < -0.39 is 11.9 Å². The van der Waals surface area contributed by atoms with Crippen molar-refractivity contribution in [1.82, 2.24) is 5.32 Å². The topological polar surface area (TPSA) is 86.6 Å². The van der Waals surface area contributed by atoms with Gasteiger partial charge in [0.1, 0.15) is 0 Å². The number of carbonyl (C=O) groups is 2. The normalized spacial score (nSPS) is 9.36. The van der Waals surface area contributed by atoms with E-state index in [0.29, 0.717) is 0 Å². The summed E-state index contributed by atoms with van der Waals surface area (Å²) in [6.07, 6.45) is 13.2. The second-order valence-corrected chi connectivity index (χ2v) is 5.27. The first kappa shape index (κ1) is 26.8. The molecule has 22 heavy (non-hydrogen) atoms. The van der Waals surface area contributed by atoms with Crippen molar-refractivity contribution in [2.24, 2.45) is 0 Å². The number of carboxylic acids is 2. The van der Waals surface area contributed by atoms with Gasteiger partial charge in [-0.3, -0.25) is 9.59 Å². The SMILES string of the molecule is CC(=O)O.CCCCCCCCCCCCNCC(=O)O.[NaH]. The zero-order valence-electron chi connectivity index (χ0n) is 13.7. The summed E-state index contributed by atoms with van der Waals surface area (Å²) in [6.45, 7) is 4.26. The number of unbranched alkanes of at least 4 members (excludes halogenated alkanes) is 9. The number of rotatable bonds is 13. The number of hydrogen-bond donors (Lipinski definition) is 3. The summed E-state index contributed by atoms with van der Waals surface area (Å²) in [7, 11) is 0. The van der Waals surface area contributed by atoms with Gasteiger partial charge in [-0.2, -0.15) is 0 Å². The van der Waals surface area contributed by atoms with Crippen LogP contribution < -0.4 is 5.32 Å².